The van der Waals surface area contributed by atoms with Gasteiger partial charge >= 0.3 is 5.69 Å². The topological polar surface area (TPSA) is 103 Å². The van der Waals surface area contributed by atoms with E-state index in [0.717, 1.165) is 42.1 Å². The van der Waals surface area contributed by atoms with Crippen LogP contribution >= 0.6 is 0 Å². The summed E-state index contributed by atoms with van der Waals surface area (Å²) in [6, 6.07) is 8.21. The van der Waals surface area contributed by atoms with E-state index in [2.05, 4.69) is 30.6 Å². The van der Waals surface area contributed by atoms with Crippen LogP contribution in [0.2, 0.25) is 0 Å². The minimum absolute atomic E-state index is 0.139. The maximum Gasteiger partial charge on any atom is 0.334 e. The van der Waals surface area contributed by atoms with E-state index in [1.165, 1.54) is 0 Å². The molecule has 0 aromatic carbocycles. The maximum absolute atomic E-state index is 12.7. The zero-order valence-electron chi connectivity index (χ0n) is 17.5. The van der Waals surface area contributed by atoms with Gasteiger partial charge in [0.2, 0.25) is 0 Å². The van der Waals surface area contributed by atoms with Crippen LogP contribution in [-0.4, -0.2) is 41.2 Å². The predicted molar refractivity (Wildman–Crippen MR) is 120 cm³/mol. The SMILES string of the molecule is Cc1cnc(N[C@H]2CC[C@H](Nc3ccc(-n4c(=O)n(C)c5cccnc54)cn3)C2)cn1. The van der Waals surface area contributed by atoms with Gasteiger partial charge in [0.05, 0.1) is 35.5 Å². The second-order valence-electron chi connectivity index (χ2n) is 7.96. The molecule has 0 unspecified atom stereocenters. The fourth-order valence-electron chi connectivity index (χ4n) is 4.13. The van der Waals surface area contributed by atoms with Gasteiger partial charge in [-0.2, -0.15) is 0 Å². The molecule has 9 heteroatoms. The van der Waals surface area contributed by atoms with Gasteiger partial charge in [0.25, 0.3) is 0 Å². The lowest BCUT2D eigenvalue weighted by molar-refractivity contribution is 0.719. The normalized spacial score (nSPS) is 18.4. The lowest BCUT2D eigenvalue weighted by Crippen LogP contribution is -2.22. The third kappa shape index (κ3) is 3.74. The molecule has 0 bridgehead atoms. The maximum atomic E-state index is 12.7. The summed E-state index contributed by atoms with van der Waals surface area (Å²) in [7, 11) is 1.75. The first-order chi connectivity index (χ1) is 15.1. The fourth-order valence-corrected chi connectivity index (χ4v) is 4.13. The lowest BCUT2D eigenvalue weighted by Gasteiger charge is -2.15. The van der Waals surface area contributed by atoms with Crippen LogP contribution in [0.4, 0.5) is 11.6 Å². The number of nitrogens with zero attached hydrogens (tertiary/aromatic N) is 6. The highest BCUT2D eigenvalue weighted by Crippen LogP contribution is 2.25. The average molecular weight is 416 g/mol. The van der Waals surface area contributed by atoms with E-state index in [-0.39, 0.29) is 5.69 Å². The molecule has 1 aliphatic carbocycles. The Balaban J connectivity index is 1.27. The molecule has 1 aliphatic rings. The summed E-state index contributed by atoms with van der Waals surface area (Å²) in [5, 5.41) is 6.96. The molecule has 5 rings (SSSR count). The van der Waals surface area contributed by atoms with E-state index in [0.29, 0.717) is 23.4 Å². The van der Waals surface area contributed by atoms with Gasteiger partial charge in [-0.3, -0.25) is 9.55 Å². The smallest absolute Gasteiger partial charge is 0.334 e. The quantitative estimate of drug-likeness (QED) is 0.516. The summed E-state index contributed by atoms with van der Waals surface area (Å²) in [5.74, 6) is 1.61. The Morgan fingerprint density at radius 1 is 0.935 bits per heavy atom. The van der Waals surface area contributed by atoms with Crippen molar-refractivity contribution in [3.63, 3.8) is 0 Å². The molecule has 0 saturated heterocycles. The first-order valence-corrected chi connectivity index (χ1v) is 10.4. The Morgan fingerprint density at radius 3 is 2.42 bits per heavy atom. The van der Waals surface area contributed by atoms with Crippen LogP contribution in [0.5, 0.6) is 0 Å². The number of rotatable bonds is 5. The van der Waals surface area contributed by atoms with Gasteiger partial charge in [0.1, 0.15) is 11.6 Å². The molecular weight excluding hydrogens is 392 g/mol. The van der Waals surface area contributed by atoms with Gasteiger partial charge in [-0.25, -0.2) is 24.3 Å². The number of anilines is 2. The van der Waals surface area contributed by atoms with Crippen LogP contribution in [-0.2, 0) is 7.05 Å². The van der Waals surface area contributed by atoms with Crippen molar-refractivity contribution in [3.8, 4) is 5.69 Å². The molecule has 0 aliphatic heterocycles. The highest BCUT2D eigenvalue weighted by molar-refractivity contribution is 5.73. The Kier molecular flexibility index (Phi) is 4.85. The van der Waals surface area contributed by atoms with Crippen LogP contribution in [0.3, 0.4) is 0 Å². The van der Waals surface area contributed by atoms with Crippen LogP contribution in [0, 0.1) is 6.92 Å². The van der Waals surface area contributed by atoms with E-state index in [1.807, 2.05) is 31.2 Å². The largest absolute Gasteiger partial charge is 0.367 e. The minimum Gasteiger partial charge on any atom is -0.367 e. The zero-order valence-corrected chi connectivity index (χ0v) is 17.5. The van der Waals surface area contributed by atoms with Crippen molar-refractivity contribution >= 4 is 22.8 Å². The number of hydrogen-bond acceptors (Lipinski definition) is 7. The van der Waals surface area contributed by atoms with Crippen molar-refractivity contribution in [2.24, 2.45) is 7.05 Å². The molecule has 158 valence electrons. The van der Waals surface area contributed by atoms with E-state index in [1.54, 1.807) is 41.0 Å². The van der Waals surface area contributed by atoms with Crippen molar-refractivity contribution < 1.29 is 0 Å². The number of fused-ring (bicyclic) bond motifs is 1. The Bertz CT molecular complexity index is 1260. The number of pyridine rings is 2. The van der Waals surface area contributed by atoms with Crippen LogP contribution in [0.1, 0.15) is 25.0 Å². The minimum atomic E-state index is -0.139. The predicted octanol–water partition coefficient (Wildman–Crippen LogP) is 2.66. The van der Waals surface area contributed by atoms with E-state index < -0.39 is 0 Å². The molecule has 0 radical (unpaired) electrons. The third-order valence-electron chi connectivity index (χ3n) is 5.74. The second-order valence-corrected chi connectivity index (χ2v) is 7.96. The summed E-state index contributed by atoms with van der Waals surface area (Å²) in [6.45, 7) is 1.93. The molecule has 4 aromatic heterocycles. The summed E-state index contributed by atoms with van der Waals surface area (Å²) >= 11 is 0. The molecule has 4 heterocycles. The van der Waals surface area contributed by atoms with Gasteiger partial charge in [-0.05, 0) is 50.5 Å². The number of aromatic nitrogens is 6. The molecule has 0 spiro atoms. The first kappa shape index (κ1) is 19.2. The van der Waals surface area contributed by atoms with Crippen LogP contribution in [0.15, 0.2) is 53.8 Å². The lowest BCUT2D eigenvalue weighted by atomic mass is 10.2. The molecule has 31 heavy (non-hydrogen) atoms. The number of aryl methyl sites for hydroxylation is 2. The highest BCUT2D eigenvalue weighted by atomic mass is 16.1. The molecule has 4 aromatic rings. The number of nitrogens with one attached hydrogen (secondary N) is 2. The molecule has 2 atom stereocenters. The molecular formula is C22H24N8O. The van der Waals surface area contributed by atoms with Gasteiger partial charge in [-0.15, -0.1) is 0 Å². The van der Waals surface area contributed by atoms with Crippen molar-refractivity contribution in [1.29, 1.82) is 0 Å². The highest BCUT2D eigenvalue weighted by Gasteiger charge is 2.25. The van der Waals surface area contributed by atoms with Crippen molar-refractivity contribution in [2.75, 3.05) is 10.6 Å². The first-order valence-electron chi connectivity index (χ1n) is 10.4. The third-order valence-corrected chi connectivity index (χ3v) is 5.74. The van der Waals surface area contributed by atoms with Gasteiger partial charge in [0, 0.05) is 25.3 Å². The fraction of sp³-hybridized carbons (Fsp3) is 0.318. The summed E-state index contributed by atoms with van der Waals surface area (Å²) in [6.07, 6.45) is 10.0. The van der Waals surface area contributed by atoms with Gasteiger partial charge in [-0.1, -0.05) is 0 Å². The molecule has 1 saturated carbocycles. The van der Waals surface area contributed by atoms with Gasteiger partial charge in [0.15, 0.2) is 5.65 Å². The monoisotopic (exact) mass is 416 g/mol. The van der Waals surface area contributed by atoms with Crippen molar-refractivity contribution in [1.82, 2.24) is 29.1 Å². The van der Waals surface area contributed by atoms with Gasteiger partial charge < -0.3 is 10.6 Å². The van der Waals surface area contributed by atoms with E-state index in [9.17, 15) is 4.79 Å². The van der Waals surface area contributed by atoms with E-state index in [4.69, 9.17) is 0 Å². The van der Waals surface area contributed by atoms with Crippen LogP contribution in [0.25, 0.3) is 16.9 Å². The van der Waals surface area contributed by atoms with Crippen molar-refractivity contribution in [2.45, 2.75) is 38.3 Å². The second kappa shape index (κ2) is 7.82. The van der Waals surface area contributed by atoms with Crippen molar-refractivity contribution in [3.05, 3.63) is 65.2 Å². The Morgan fingerprint density at radius 2 is 1.71 bits per heavy atom. The average Bonchev–Trinajstić information content (AvgIpc) is 3.33. The standard InChI is InChI=1S/C22H24N8O/c1-14-11-25-20(13-24-14)28-16-6-5-15(10-16)27-19-8-7-17(12-26-19)30-21-18(4-3-9-23-21)29(2)22(30)31/h3-4,7-9,11-13,15-16H,5-6,10H2,1-2H3,(H,25,28)(H,26,27)/t15-,16-/m0/s1. The molecule has 2 N–H and O–H groups in total. The number of hydrogen-bond donors (Lipinski definition) is 2. The molecule has 9 nitrogen and oxygen atoms in total. The van der Waals surface area contributed by atoms with Crippen LogP contribution < -0.4 is 16.3 Å². The summed E-state index contributed by atoms with van der Waals surface area (Å²) in [5.41, 5.74) is 2.88. The molecule has 1 fully saturated rings. The zero-order chi connectivity index (χ0) is 21.4. The molecule has 0 amide bonds. The summed E-state index contributed by atoms with van der Waals surface area (Å²) in [4.78, 5) is 30.3. The summed E-state index contributed by atoms with van der Waals surface area (Å²) < 4.78 is 3.18. The Hall–Kier alpha value is -3.75. The Labute approximate surface area is 179 Å². The number of imidazole rings is 1. The van der Waals surface area contributed by atoms with E-state index >= 15 is 0 Å².